The fraction of sp³-hybridized carbons (Fsp3) is 0. The van der Waals surface area contributed by atoms with Gasteiger partial charge in [-0.15, -0.1) is 0 Å². The van der Waals surface area contributed by atoms with E-state index in [-0.39, 0.29) is 5.56 Å². The van der Waals surface area contributed by atoms with E-state index in [1.807, 2.05) is 52.9 Å². The average molecular weight is 421 g/mol. The van der Waals surface area contributed by atoms with Crippen molar-refractivity contribution in [2.24, 2.45) is 0 Å². The van der Waals surface area contributed by atoms with Gasteiger partial charge >= 0.3 is 0 Å². The van der Waals surface area contributed by atoms with Crippen LogP contribution in [0.5, 0.6) is 0 Å². The van der Waals surface area contributed by atoms with Gasteiger partial charge in [0.05, 0.1) is 11.0 Å². The predicted molar refractivity (Wildman–Crippen MR) is 138 cm³/mol. The van der Waals surface area contributed by atoms with Crippen LogP contribution in [0.15, 0.2) is 120 Å². The van der Waals surface area contributed by atoms with E-state index in [1.165, 1.54) is 5.56 Å². The van der Waals surface area contributed by atoms with E-state index in [1.54, 1.807) is 0 Å². The third kappa shape index (κ3) is 2.58. The number of pyridine rings is 1. The number of benzene rings is 5. The van der Waals surface area contributed by atoms with Gasteiger partial charge in [0.15, 0.2) is 0 Å². The van der Waals surface area contributed by atoms with Crippen LogP contribution in [0.1, 0.15) is 0 Å². The van der Waals surface area contributed by atoms with Gasteiger partial charge in [-0.25, -0.2) is 0 Å². The zero-order chi connectivity index (χ0) is 21.9. The van der Waals surface area contributed by atoms with Gasteiger partial charge in [0.25, 0.3) is 5.56 Å². The highest BCUT2D eigenvalue weighted by molar-refractivity contribution is 6.21. The molecular weight excluding hydrogens is 402 g/mol. The summed E-state index contributed by atoms with van der Waals surface area (Å²) in [7, 11) is 0. The lowest BCUT2D eigenvalue weighted by atomic mass is 9.95. The second-order valence-corrected chi connectivity index (χ2v) is 8.57. The molecule has 7 rings (SSSR count). The molecule has 0 unspecified atom stereocenters. The standard InChI is InChI=1S/C31H19NO/c33-31-25-16-15-22(20-9-3-1-4-10-20)17-26(25)28-19-23(21-11-5-2-6-12-21)18-27-24-13-7-8-14-29(24)32(31)30(27)28/h1-19H. The van der Waals surface area contributed by atoms with Crippen molar-refractivity contribution < 1.29 is 0 Å². The van der Waals surface area contributed by atoms with Crippen molar-refractivity contribution in [2.75, 3.05) is 0 Å². The van der Waals surface area contributed by atoms with Gasteiger partial charge in [-0.2, -0.15) is 0 Å². The average Bonchev–Trinajstić information content (AvgIpc) is 3.23. The van der Waals surface area contributed by atoms with Gasteiger partial charge in [-0.05, 0) is 58.0 Å². The van der Waals surface area contributed by atoms with Crippen LogP contribution in [-0.2, 0) is 0 Å². The Kier molecular flexibility index (Phi) is 3.73. The van der Waals surface area contributed by atoms with Gasteiger partial charge in [0, 0.05) is 21.5 Å². The summed E-state index contributed by atoms with van der Waals surface area (Å²) in [6, 6.07) is 39.7. The molecule has 0 amide bonds. The normalized spacial score (nSPS) is 11.8. The SMILES string of the molecule is O=c1c2ccc(-c3ccccc3)cc2c2cc(-c3ccccc3)cc3c4ccccc4n1c23. The summed E-state index contributed by atoms with van der Waals surface area (Å²) in [5.41, 5.74) is 6.59. The summed E-state index contributed by atoms with van der Waals surface area (Å²) in [5, 5.41) is 5.08. The molecule has 7 aromatic rings. The maximum absolute atomic E-state index is 13.7. The Balaban J connectivity index is 1.71. The number of rotatable bonds is 2. The lowest BCUT2D eigenvalue weighted by Gasteiger charge is -2.11. The molecule has 0 aliphatic rings. The second kappa shape index (κ2) is 6.78. The first-order chi connectivity index (χ1) is 16.3. The number of hydrogen-bond acceptors (Lipinski definition) is 1. The van der Waals surface area contributed by atoms with Crippen LogP contribution >= 0.6 is 0 Å². The summed E-state index contributed by atoms with van der Waals surface area (Å²) >= 11 is 0. The van der Waals surface area contributed by atoms with Crippen LogP contribution in [0.25, 0.3) is 60.2 Å². The smallest absolute Gasteiger partial charge is 0.263 e. The number of nitrogens with zero attached hydrogens (tertiary/aromatic N) is 1. The fourth-order valence-corrected chi connectivity index (χ4v) is 5.20. The highest BCUT2D eigenvalue weighted by Crippen LogP contribution is 2.38. The summed E-state index contributed by atoms with van der Waals surface area (Å²) in [4.78, 5) is 13.7. The first-order valence-electron chi connectivity index (χ1n) is 11.2. The first-order valence-corrected chi connectivity index (χ1v) is 11.2. The lowest BCUT2D eigenvalue weighted by molar-refractivity contribution is 1.21. The van der Waals surface area contributed by atoms with Gasteiger partial charge in [0.1, 0.15) is 0 Å². The third-order valence-electron chi connectivity index (χ3n) is 6.73. The maximum atomic E-state index is 13.7. The van der Waals surface area contributed by atoms with Crippen molar-refractivity contribution in [1.82, 2.24) is 4.40 Å². The Hall–Kier alpha value is -4.43. The Morgan fingerprint density at radius 2 is 1.00 bits per heavy atom. The highest BCUT2D eigenvalue weighted by Gasteiger charge is 2.18. The Morgan fingerprint density at radius 1 is 0.424 bits per heavy atom. The van der Waals surface area contributed by atoms with Crippen molar-refractivity contribution in [1.29, 1.82) is 0 Å². The molecular formula is C31H19NO. The van der Waals surface area contributed by atoms with Crippen LogP contribution in [0.2, 0.25) is 0 Å². The molecule has 2 heterocycles. The van der Waals surface area contributed by atoms with Gasteiger partial charge in [0.2, 0.25) is 0 Å². The van der Waals surface area contributed by atoms with E-state index in [4.69, 9.17) is 0 Å². The minimum absolute atomic E-state index is 0.0378. The molecule has 0 atom stereocenters. The van der Waals surface area contributed by atoms with Crippen LogP contribution in [0.4, 0.5) is 0 Å². The molecule has 2 aromatic heterocycles. The van der Waals surface area contributed by atoms with Crippen LogP contribution in [-0.4, -0.2) is 4.40 Å². The van der Waals surface area contributed by atoms with E-state index in [2.05, 4.69) is 66.7 Å². The van der Waals surface area contributed by atoms with Gasteiger partial charge in [-0.1, -0.05) is 84.9 Å². The van der Waals surface area contributed by atoms with E-state index >= 15 is 0 Å². The van der Waals surface area contributed by atoms with Crippen LogP contribution < -0.4 is 5.56 Å². The minimum atomic E-state index is 0.0378. The van der Waals surface area contributed by atoms with E-state index in [0.29, 0.717) is 0 Å². The first kappa shape index (κ1) is 18.2. The zero-order valence-corrected chi connectivity index (χ0v) is 17.8. The zero-order valence-electron chi connectivity index (χ0n) is 17.8. The molecule has 0 bridgehead atoms. The van der Waals surface area contributed by atoms with Gasteiger partial charge < -0.3 is 0 Å². The topological polar surface area (TPSA) is 21.5 Å². The Morgan fingerprint density at radius 3 is 1.73 bits per heavy atom. The molecule has 0 spiro atoms. The number of aromatic nitrogens is 1. The third-order valence-corrected chi connectivity index (χ3v) is 6.73. The molecule has 33 heavy (non-hydrogen) atoms. The van der Waals surface area contributed by atoms with Crippen molar-refractivity contribution >= 4 is 38.0 Å². The maximum Gasteiger partial charge on any atom is 0.263 e. The summed E-state index contributed by atoms with van der Waals surface area (Å²) in [6.45, 7) is 0. The number of fused-ring (bicyclic) bond motifs is 5. The summed E-state index contributed by atoms with van der Waals surface area (Å²) in [6.07, 6.45) is 0. The second-order valence-electron chi connectivity index (χ2n) is 8.57. The molecule has 0 aliphatic carbocycles. The largest absolute Gasteiger partial charge is 0.275 e. The molecule has 154 valence electrons. The molecule has 0 radical (unpaired) electrons. The van der Waals surface area contributed by atoms with Crippen molar-refractivity contribution in [3.8, 4) is 22.3 Å². The molecule has 0 saturated carbocycles. The molecule has 0 fully saturated rings. The van der Waals surface area contributed by atoms with Crippen molar-refractivity contribution in [3.05, 3.63) is 126 Å². The monoisotopic (exact) mass is 421 g/mol. The summed E-state index contributed by atoms with van der Waals surface area (Å²) < 4.78 is 1.90. The van der Waals surface area contributed by atoms with Crippen molar-refractivity contribution in [2.45, 2.75) is 0 Å². The quantitative estimate of drug-likeness (QED) is 0.264. The molecule has 0 N–H and O–H groups in total. The molecule has 0 saturated heterocycles. The fourth-order valence-electron chi connectivity index (χ4n) is 5.20. The molecule has 0 aliphatic heterocycles. The van der Waals surface area contributed by atoms with Crippen molar-refractivity contribution in [3.63, 3.8) is 0 Å². The van der Waals surface area contributed by atoms with E-state index in [9.17, 15) is 4.79 Å². The Bertz CT molecular complexity index is 1870. The molecule has 5 aromatic carbocycles. The van der Waals surface area contributed by atoms with E-state index < -0.39 is 0 Å². The van der Waals surface area contributed by atoms with Crippen LogP contribution in [0, 0.1) is 0 Å². The van der Waals surface area contributed by atoms with E-state index in [0.717, 1.165) is 54.7 Å². The van der Waals surface area contributed by atoms with Crippen LogP contribution in [0.3, 0.4) is 0 Å². The highest BCUT2D eigenvalue weighted by atomic mass is 16.1. The lowest BCUT2D eigenvalue weighted by Crippen LogP contribution is -2.12. The van der Waals surface area contributed by atoms with Gasteiger partial charge in [-0.3, -0.25) is 9.20 Å². The molecule has 2 nitrogen and oxygen atoms in total. The minimum Gasteiger partial charge on any atom is -0.275 e. The predicted octanol–water partition coefficient (Wildman–Crippen LogP) is 7.53. The summed E-state index contributed by atoms with van der Waals surface area (Å²) in [5.74, 6) is 0. The number of para-hydroxylation sites is 1. The number of hydrogen-bond donors (Lipinski definition) is 0. The Labute approximate surface area is 190 Å². The molecule has 2 heteroatoms.